The molecule has 1 N–H and O–H groups in total. The molecule has 2 heterocycles. The molecule has 6 heteroatoms. The van der Waals surface area contributed by atoms with E-state index in [1.54, 1.807) is 18.7 Å². The lowest BCUT2D eigenvalue weighted by Gasteiger charge is -2.08. The summed E-state index contributed by atoms with van der Waals surface area (Å²) < 4.78 is 1.98. The first-order valence-electron chi connectivity index (χ1n) is 7.87. The second-order valence-corrected chi connectivity index (χ2v) is 5.47. The second kappa shape index (κ2) is 7.50. The summed E-state index contributed by atoms with van der Waals surface area (Å²) in [7, 11) is 0. The number of benzene rings is 1. The molecule has 1 aromatic carbocycles. The first-order valence-corrected chi connectivity index (χ1v) is 7.87. The van der Waals surface area contributed by atoms with Crippen LogP contribution in [0.25, 0.3) is 11.4 Å². The number of imidazole rings is 1. The highest BCUT2D eigenvalue weighted by molar-refractivity contribution is 5.95. The van der Waals surface area contributed by atoms with E-state index in [-0.39, 0.29) is 5.91 Å². The highest BCUT2D eigenvalue weighted by Crippen LogP contribution is 2.15. The number of nitrogens with one attached hydrogen (secondary N) is 1. The zero-order chi connectivity index (χ0) is 16.8. The fourth-order valence-corrected chi connectivity index (χ4v) is 2.39. The third kappa shape index (κ3) is 3.84. The van der Waals surface area contributed by atoms with E-state index in [0.717, 1.165) is 18.5 Å². The maximum Gasteiger partial charge on any atom is 0.254 e. The summed E-state index contributed by atoms with van der Waals surface area (Å²) in [6.07, 6.45) is 7.85. The van der Waals surface area contributed by atoms with Crippen LogP contribution in [0.1, 0.15) is 22.5 Å². The van der Waals surface area contributed by atoms with Crippen molar-refractivity contribution in [1.82, 2.24) is 24.8 Å². The van der Waals surface area contributed by atoms with Gasteiger partial charge in [-0.25, -0.2) is 15.0 Å². The molecule has 1 amide bonds. The SMILES string of the molecule is Cc1nc(-c2ccccc2)ncc1C(=O)NCCCn1ccnc1. The number of carbonyl (C=O) groups excluding carboxylic acids is 1. The van der Waals surface area contributed by atoms with Crippen molar-refractivity contribution in [3.05, 3.63) is 66.5 Å². The molecule has 0 saturated carbocycles. The van der Waals surface area contributed by atoms with Gasteiger partial charge in [0.1, 0.15) is 0 Å². The Morgan fingerprint density at radius 1 is 1.25 bits per heavy atom. The zero-order valence-corrected chi connectivity index (χ0v) is 13.5. The third-order valence-corrected chi connectivity index (χ3v) is 3.69. The summed E-state index contributed by atoms with van der Waals surface area (Å²) in [6, 6.07) is 9.72. The molecule has 0 unspecified atom stereocenters. The highest BCUT2D eigenvalue weighted by atomic mass is 16.1. The van der Waals surface area contributed by atoms with Gasteiger partial charge < -0.3 is 9.88 Å². The molecular formula is C18H19N5O. The van der Waals surface area contributed by atoms with Gasteiger partial charge in [-0.1, -0.05) is 30.3 Å². The normalized spacial score (nSPS) is 10.5. The average Bonchev–Trinajstić information content (AvgIpc) is 3.12. The number of nitrogens with zero attached hydrogens (tertiary/aromatic N) is 4. The van der Waals surface area contributed by atoms with E-state index in [0.29, 0.717) is 23.6 Å². The van der Waals surface area contributed by atoms with Gasteiger partial charge in [0.2, 0.25) is 0 Å². The lowest BCUT2D eigenvalue weighted by molar-refractivity contribution is 0.0951. The van der Waals surface area contributed by atoms with Crippen LogP contribution in [0, 0.1) is 6.92 Å². The van der Waals surface area contributed by atoms with Gasteiger partial charge in [-0.15, -0.1) is 0 Å². The quantitative estimate of drug-likeness (QED) is 0.708. The Hall–Kier alpha value is -3.02. The number of rotatable bonds is 6. The third-order valence-electron chi connectivity index (χ3n) is 3.69. The Balaban J connectivity index is 1.58. The molecule has 0 bridgehead atoms. The van der Waals surface area contributed by atoms with Crippen molar-refractivity contribution in [1.29, 1.82) is 0 Å². The Morgan fingerprint density at radius 2 is 2.08 bits per heavy atom. The van der Waals surface area contributed by atoms with Crippen molar-refractivity contribution in [2.24, 2.45) is 0 Å². The molecule has 0 aliphatic carbocycles. The van der Waals surface area contributed by atoms with Crippen LogP contribution in [-0.2, 0) is 6.54 Å². The molecule has 0 radical (unpaired) electrons. The minimum Gasteiger partial charge on any atom is -0.352 e. The Kier molecular flexibility index (Phi) is 4.96. The minimum absolute atomic E-state index is 0.141. The van der Waals surface area contributed by atoms with Gasteiger partial charge in [0, 0.05) is 37.2 Å². The van der Waals surface area contributed by atoms with E-state index in [4.69, 9.17) is 0 Å². The molecule has 0 spiro atoms. The number of hydrogen-bond acceptors (Lipinski definition) is 4. The number of amides is 1. The molecule has 0 aliphatic rings. The van der Waals surface area contributed by atoms with Gasteiger partial charge in [-0.05, 0) is 13.3 Å². The molecule has 6 nitrogen and oxygen atoms in total. The van der Waals surface area contributed by atoms with Crippen molar-refractivity contribution in [3.63, 3.8) is 0 Å². The Bertz CT molecular complexity index is 800. The largest absolute Gasteiger partial charge is 0.352 e. The summed E-state index contributed by atoms with van der Waals surface area (Å²) in [6.45, 7) is 3.24. The minimum atomic E-state index is -0.141. The maximum absolute atomic E-state index is 12.3. The van der Waals surface area contributed by atoms with Crippen LogP contribution in [0.3, 0.4) is 0 Å². The molecule has 0 fully saturated rings. The fraction of sp³-hybridized carbons (Fsp3) is 0.222. The number of aryl methyl sites for hydroxylation is 2. The molecule has 3 aromatic rings. The molecule has 2 aromatic heterocycles. The van der Waals surface area contributed by atoms with E-state index in [1.807, 2.05) is 48.0 Å². The van der Waals surface area contributed by atoms with Crippen molar-refractivity contribution in [2.45, 2.75) is 19.9 Å². The van der Waals surface area contributed by atoms with Gasteiger partial charge in [0.25, 0.3) is 5.91 Å². The summed E-state index contributed by atoms with van der Waals surface area (Å²) in [5.41, 5.74) is 2.13. The van der Waals surface area contributed by atoms with Crippen LogP contribution in [-0.4, -0.2) is 32.0 Å². The summed E-state index contributed by atoms with van der Waals surface area (Å²) in [4.78, 5) is 25.0. The molecule has 0 atom stereocenters. The lowest BCUT2D eigenvalue weighted by atomic mass is 10.2. The van der Waals surface area contributed by atoms with Crippen LogP contribution in [0.15, 0.2) is 55.2 Å². The van der Waals surface area contributed by atoms with Gasteiger partial charge in [-0.3, -0.25) is 4.79 Å². The van der Waals surface area contributed by atoms with Gasteiger partial charge in [-0.2, -0.15) is 0 Å². The first-order chi connectivity index (χ1) is 11.7. The summed E-state index contributed by atoms with van der Waals surface area (Å²) in [5, 5.41) is 2.91. The Labute approximate surface area is 140 Å². The topological polar surface area (TPSA) is 72.7 Å². The second-order valence-electron chi connectivity index (χ2n) is 5.47. The van der Waals surface area contributed by atoms with Crippen molar-refractivity contribution < 1.29 is 4.79 Å². The van der Waals surface area contributed by atoms with E-state index in [9.17, 15) is 4.79 Å². The molecule has 24 heavy (non-hydrogen) atoms. The van der Waals surface area contributed by atoms with E-state index in [1.165, 1.54) is 0 Å². The van der Waals surface area contributed by atoms with E-state index in [2.05, 4.69) is 20.3 Å². The van der Waals surface area contributed by atoms with Crippen LogP contribution in [0.4, 0.5) is 0 Å². The average molecular weight is 321 g/mol. The van der Waals surface area contributed by atoms with Crippen LogP contribution in [0.2, 0.25) is 0 Å². The monoisotopic (exact) mass is 321 g/mol. The first kappa shape index (κ1) is 15.9. The maximum atomic E-state index is 12.3. The number of carbonyl (C=O) groups is 1. The number of aromatic nitrogens is 4. The standard InChI is InChI=1S/C18H19N5O/c1-14-16(12-21-17(22-14)15-6-3-2-4-7-15)18(24)20-8-5-10-23-11-9-19-13-23/h2-4,6-7,9,11-13H,5,8,10H2,1H3,(H,20,24). The van der Waals surface area contributed by atoms with Crippen LogP contribution < -0.4 is 5.32 Å². The van der Waals surface area contributed by atoms with E-state index < -0.39 is 0 Å². The van der Waals surface area contributed by atoms with Gasteiger partial charge >= 0.3 is 0 Å². The summed E-state index contributed by atoms with van der Waals surface area (Å²) in [5.74, 6) is 0.488. The van der Waals surface area contributed by atoms with Crippen molar-refractivity contribution in [2.75, 3.05) is 6.54 Å². The van der Waals surface area contributed by atoms with Gasteiger partial charge in [0.15, 0.2) is 5.82 Å². The summed E-state index contributed by atoms with van der Waals surface area (Å²) >= 11 is 0. The Morgan fingerprint density at radius 3 is 2.79 bits per heavy atom. The van der Waals surface area contributed by atoms with Gasteiger partial charge in [0.05, 0.1) is 17.6 Å². The zero-order valence-electron chi connectivity index (χ0n) is 13.5. The highest BCUT2D eigenvalue weighted by Gasteiger charge is 2.12. The molecule has 3 rings (SSSR count). The molecular weight excluding hydrogens is 302 g/mol. The molecule has 0 aliphatic heterocycles. The van der Waals surface area contributed by atoms with E-state index >= 15 is 0 Å². The smallest absolute Gasteiger partial charge is 0.254 e. The predicted molar refractivity (Wildman–Crippen MR) is 91.4 cm³/mol. The number of hydrogen-bond donors (Lipinski definition) is 1. The van der Waals surface area contributed by atoms with Crippen molar-refractivity contribution in [3.8, 4) is 11.4 Å². The lowest BCUT2D eigenvalue weighted by Crippen LogP contribution is -2.26. The molecule has 122 valence electrons. The predicted octanol–water partition coefficient (Wildman–Crippen LogP) is 2.47. The van der Waals surface area contributed by atoms with Crippen molar-refractivity contribution >= 4 is 5.91 Å². The van der Waals surface area contributed by atoms with Crippen LogP contribution in [0.5, 0.6) is 0 Å². The fourth-order valence-electron chi connectivity index (χ4n) is 2.39. The van der Waals surface area contributed by atoms with Crippen LogP contribution >= 0.6 is 0 Å². The molecule has 0 saturated heterocycles.